The highest BCUT2D eigenvalue weighted by Crippen LogP contribution is 2.17. The van der Waals surface area contributed by atoms with Gasteiger partial charge in [0.2, 0.25) is 5.91 Å². The van der Waals surface area contributed by atoms with E-state index in [1.165, 1.54) is 24.4 Å². The number of methoxy groups -OCH3 is 1. The predicted molar refractivity (Wildman–Crippen MR) is 98.5 cm³/mol. The first-order valence-corrected chi connectivity index (χ1v) is 8.77. The fraction of sp³-hybridized carbons (Fsp3) is 0.263. The zero-order chi connectivity index (χ0) is 17.5. The van der Waals surface area contributed by atoms with Gasteiger partial charge in [0, 0.05) is 11.4 Å². The highest BCUT2D eigenvalue weighted by molar-refractivity contribution is 7.99. The molecule has 0 aliphatic carbocycles. The Balaban J connectivity index is 1.84. The summed E-state index contributed by atoms with van der Waals surface area (Å²) < 4.78 is 4.71. The van der Waals surface area contributed by atoms with Gasteiger partial charge in [-0.25, -0.2) is 4.79 Å². The van der Waals surface area contributed by atoms with Gasteiger partial charge in [0.15, 0.2) is 0 Å². The van der Waals surface area contributed by atoms with Crippen LogP contribution in [-0.4, -0.2) is 24.7 Å². The number of hydrogen-bond donors (Lipinski definition) is 1. The third-order valence-corrected chi connectivity index (χ3v) is 4.64. The van der Waals surface area contributed by atoms with Crippen LogP contribution in [0.2, 0.25) is 0 Å². The molecule has 0 radical (unpaired) electrons. The molecule has 1 amide bonds. The van der Waals surface area contributed by atoms with E-state index in [2.05, 4.69) is 5.32 Å². The zero-order valence-corrected chi connectivity index (χ0v) is 14.9. The highest BCUT2D eigenvalue weighted by atomic mass is 32.2. The van der Waals surface area contributed by atoms with Crippen LogP contribution in [0, 0.1) is 13.8 Å². The molecule has 0 heterocycles. The van der Waals surface area contributed by atoms with Gasteiger partial charge in [0.1, 0.15) is 0 Å². The number of esters is 1. The zero-order valence-electron chi connectivity index (χ0n) is 14.1. The summed E-state index contributed by atoms with van der Waals surface area (Å²) in [5.41, 5.74) is 4.68. The maximum absolute atomic E-state index is 12.0. The molecule has 126 valence electrons. The fourth-order valence-corrected chi connectivity index (χ4v) is 2.96. The topological polar surface area (TPSA) is 55.4 Å². The second-order valence-electron chi connectivity index (χ2n) is 5.53. The summed E-state index contributed by atoms with van der Waals surface area (Å²) in [5, 5.41) is 2.90. The van der Waals surface area contributed by atoms with E-state index in [4.69, 9.17) is 4.74 Å². The van der Waals surface area contributed by atoms with Gasteiger partial charge in [0.25, 0.3) is 0 Å². The minimum Gasteiger partial charge on any atom is -0.465 e. The van der Waals surface area contributed by atoms with Crippen LogP contribution in [0.5, 0.6) is 0 Å². The lowest BCUT2D eigenvalue weighted by atomic mass is 10.1. The maximum Gasteiger partial charge on any atom is 0.337 e. The standard InChI is InChI=1S/C19H21NO3S/c1-13-7-8-17(9-14(13)2)20-18(21)12-24-11-15-5-4-6-16(10-15)19(22)23-3/h4-10H,11-12H2,1-3H3,(H,20,21). The highest BCUT2D eigenvalue weighted by Gasteiger charge is 2.07. The van der Waals surface area contributed by atoms with Crippen LogP contribution in [0.25, 0.3) is 0 Å². The lowest BCUT2D eigenvalue weighted by Crippen LogP contribution is -2.14. The molecule has 24 heavy (non-hydrogen) atoms. The van der Waals surface area contributed by atoms with Crippen molar-refractivity contribution in [1.29, 1.82) is 0 Å². The van der Waals surface area contributed by atoms with E-state index >= 15 is 0 Å². The third-order valence-electron chi connectivity index (χ3n) is 3.64. The summed E-state index contributed by atoms with van der Waals surface area (Å²) in [7, 11) is 1.36. The Hall–Kier alpha value is -2.27. The van der Waals surface area contributed by atoms with E-state index in [1.807, 2.05) is 44.2 Å². The molecule has 0 fully saturated rings. The smallest absolute Gasteiger partial charge is 0.337 e. The van der Waals surface area contributed by atoms with Gasteiger partial charge >= 0.3 is 5.97 Å². The third kappa shape index (κ3) is 5.13. The van der Waals surface area contributed by atoms with Gasteiger partial charge in [-0.3, -0.25) is 4.79 Å². The first-order valence-electron chi connectivity index (χ1n) is 7.61. The van der Waals surface area contributed by atoms with Crippen molar-refractivity contribution in [2.45, 2.75) is 19.6 Å². The van der Waals surface area contributed by atoms with Crippen molar-refractivity contribution >= 4 is 29.3 Å². The van der Waals surface area contributed by atoms with Crippen molar-refractivity contribution < 1.29 is 14.3 Å². The minimum absolute atomic E-state index is 0.0348. The average Bonchev–Trinajstić information content (AvgIpc) is 2.57. The number of carbonyl (C=O) groups is 2. The lowest BCUT2D eigenvalue weighted by molar-refractivity contribution is -0.113. The van der Waals surface area contributed by atoms with Gasteiger partial charge in [0.05, 0.1) is 18.4 Å². The number of ether oxygens (including phenoxy) is 1. The monoisotopic (exact) mass is 343 g/mol. The summed E-state index contributed by atoms with van der Waals surface area (Å²) >= 11 is 1.50. The molecule has 0 aliphatic rings. The largest absolute Gasteiger partial charge is 0.465 e. The second-order valence-corrected chi connectivity index (χ2v) is 6.52. The Labute approximate surface area is 146 Å². The predicted octanol–water partition coefficient (Wildman–Crippen LogP) is 3.96. The van der Waals surface area contributed by atoms with Gasteiger partial charge in [-0.05, 0) is 54.8 Å². The van der Waals surface area contributed by atoms with Crippen LogP contribution in [0.4, 0.5) is 5.69 Å². The molecular weight excluding hydrogens is 322 g/mol. The molecule has 4 nitrogen and oxygen atoms in total. The number of aryl methyl sites for hydroxylation is 2. The van der Waals surface area contributed by atoms with Crippen LogP contribution < -0.4 is 5.32 Å². The maximum atomic E-state index is 12.0. The first kappa shape index (κ1) is 18.1. The average molecular weight is 343 g/mol. The van der Waals surface area contributed by atoms with E-state index in [0.717, 1.165) is 16.8 Å². The van der Waals surface area contributed by atoms with E-state index in [-0.39, 0.29) is 11.9 Å². The van der Waals surface area contributed by atoms with E-state index in [0.29, 0.717) is 17.1 Å². The van der Waals surface area contributed by atoms with Gasteiger partial charge in [-0.15, -0.1) is 11.8 Å². The van der Waals surface area contributed by atoms with Crippen molar-refractivity contribution in [2.75, 3.05) is 18.2 Å². The summed E-state index contributed by atoms with van der Waals surface area (Å²) in [5.74, 6) is 0.627. The normalized spacial score (nSPS) is 10.3. The molecule has 2 rings (SSSR count). The molecule has 0 atom stereocenters. The number of rotatable bonds is 6. The number of carbonyl (C=O) groups excluding carboxylic acids is 2. The van der Waals surface area contributed by atoms with Crippen molar-refractivity contribution in [1.82, 2.24) is 0 Å². The number of thioether (sulfide) groups is 1. The first-order chi connectivity index (χ1) is 11.5. The minimum atomic E-state index is -0.352. The van der Waals surface area contributed by atoms with Crippen LogP contribution in [0.15, 0.2) is 42.5 Å². The number of hydrogen-bond acceptors (Lipinski definition) is 4. The van der Waals surface area contributed by atoms with Gasteiger partial charge in [-0.1, -0.05) is 18.2 Å². The van der Waals surface area contributed by atoms with Gasteiger partial charge in [-0.2, -0.15) is 0 Å². The van der Waals surface area contributed by atoms with E-state index in [9.17, 15) is 9.59 Å². The number of nitrogens with one attached hydrogen (secondary N) is 1. The summed E-state index contributed by atoms with van der Waals surface area (Å²) in [4.78, 5) is 23.5. The Morgan fingerprint density at radius 2 is 1.88 bits per heavy atom. The molecular formula is C19H21NO3S. The number of amides is 1. The molecule has 0 spiro atoms. The van der Waals surface area contributed by atoms with Crippen molar-refractivity contribution in [3.05, 3.63) is 64.7 Å². The van der Waals surface area contributed by atoms with Crippen LogP contribution in [-0.2, 0) is 15.3 Å². The Morgan fingerprint density at radius 3 is 2.58 bits per heavy atom. The van der Waals surface area contributed by atoms with Crippen LogP contribution in [0.3, 0.4) is 0 Å². The quantitative estimate of drug-likeness (QED) is 0.807. The Kier molecular flexibility index (Phi) is 6.44. The van der Waals surface area contributed by atoms with Crippen molar-refractivity contribution in [3.8, 4) is 0 Å². The molecule has 0 saturated carbocycles. The molecule has 1 N–H and O–H groups in total. The number of anilines is 1. The molecule has 0 unspecified atom stereocenters. The molecule has 2 aromatic carbocycles. The SMILES string of the molecule is COC(=O)c1cccc(CSCC(=O)Nc2ccc(C)c(C)c2)c1. The van der Waals surface area contributed by atoms with Gasteiger partial charge < -0.3 is 10.1 Å². The molecule has 5 heteroatoms. The van der Waals surface area contributed by atoms with Crippen molar-refractivity contribution in [3.63, 3.8) is 0 Å². The van der Waals surface area contributed by atoms with E-state index in [1.54, 1.807) is 12.1 Å². The summed E-state index contributed by atoms with van der Waals surface area (Å²) in [6, 6.07) is 13.1. The summed E-state index contributed by atoms with van der Waals surface area (Å²) in [6.07, 6.45) is 0. The van der Waals surface area contributed by atoms with E-state index < -0.39 is 0 Å². The van der Waals surface area contributed by atoms with Crippen LogP contribution in [0.1, 0.15) is 27.0 Å². The fourth-order valence-electron chi connectivity index (χ4n) is 2.18. The molecule has 0 saturated heterocycles. The van der Waals surface area contributed by atoms with Crippen LogP contribution >= 0.6 is 11.8 Å². The Bertz CT molecular complexity index is 743. The molecule has 0 aromatic heterocycles. The molecule has 0 aliphatic heterocycles. The number of benzene rings is 2. The van der Waals surface area contributed by atoms with Crippen molar-refractivity contribution in [2.24, 2.45) is 0 Å². The lowest BCUT2D eigenvalue weighted by Gasteiger charge is -2.08. The molecule has 2 aromatic rings. The summed E-state index contributed by atoms with van der Waals surface area (Å²) in [6.45, 7) is 4.06. The second kappa shape index (κ2) is 8.55. The Morgan fingerprint density at radius 1 is 1.08 bits per heavy atom. The molecule has 0 bridgehead atoms.